The van der Waals surface area contributed by atoms with Crippen molar-refractivity contribution in [2.45, 2.75) is 173 Å². The van der Waals surface area contributed by atoms with E-state index < -0.39 is 161 Å². The summed E-state index contributed by atoms with van der Waals surface area (Å²) in [5.74, 6) is -126. The monoisotopic (exact) mass is 1380 g/mol. The number of ether oxygens (including phenoxy) is 4. The number of carbonyl (C=O) groups is 6. The molecule has 0 rings (SSSR count). The van der Waals surface area contributed by atoms with Crippen molar-refractivity contribution in [3.8, 4) is 0 Å². The summed E-state index contributed by atoms with van der Waals surface area (Å²) in [4.78, 5) is 67.1. The average molecular weight is 1380 g/mol. The molecule has 2 unspecified atom stereocenters. The second-order valence-electron chi connectivity index (χ2n) is 18.0. The maximum atomic E-state index is 14.7. The van der Waals surface area contributed by atoms with E-state index in [0.29, 0.717) is 12.4 Å². The van der Waals surface area contributed by atoms with Crippen LogP contribution in [-0.2, 0) is 38.1 Å². The summed E-state index contributed by atoms with van der Waals surface area (Å²) in [6.45, 7) is 5.56. The third kappa shape index (κ3) is 16.4. The van der Waals surface area contributed by atoms with E-state index in [0.717, 1.165) is 41.5 Å². The van der Waals surface area contributed by atoms with Gasteiger partial charge in [-0.05, 0) is 41.5 Å². The van der Waals surface area contributed by atoms with Crippen molar-refractivity contribution < 1.29 is 215 Å². The molecule has 0 saturated heterocycles. The number of ketones is 1. The Morgan fingerprint density at radius 1 is 0.372 bits per heavy atom. The van der Waals surface area contributed by atoms with E-state index in [2.05, 4.69) is 18.9 Å². The number of nitrogens with one attached hydrogen (secondary N) is 2. The van der Waals surface area contributed by atoms with Crippen LogP contribution in [0.5, 0.6) is 0 Å². The second kappa shape index (κ2) is 26.7. The van der Waals surface area contributed by atoms with E-state index in [1.807, 2.05) is 0 Å². The number of esters is 2. The van der Waals surface area contributed by atoms with Crippen LogP contribution in [0, 0.1) is 0 Å². The van der Waals surface area contributed by atoms with Crippen molar-refractivity contribution in [2.75, 3.05) is 20.8 Å². The number of hydrogen-bond acceptors (Lipinski definition) is 11. The molecule has 2 atom stereocenters. The molecule has 512 valence electrons. The topological polar surface area (TPSA) is 210 Å². The standard InChI is InChI=1S/C19H18F17NO5.C15H12F17NO4.C3H7NO2.ClH/c1-11(2,3)42-10(40)37-9(7(38)5-6-8(39)41-4)12(20,21)13(22,23)14(24,25)15(26,27)16(28,29)17(30,31)18(32,33)19(34,35)36;1-7(2,3)37-6(36)33-4(5(34)35)8(16,17)9(18,19)10(20,21)11(22,23)12(24,25)13(26,27)14(28,29)15(30,31)32;1-6-3(5)2-4;/h9H,5-6H2,1-4H3,(H,37,40);4H,1-3H3,(H,33,36)(H,34,35);2,4H2,1H3;1H/p-1. The highest BCUT2D eigenvalue weighted by Crippen LogP contribution is 2.66. The highest BCUT2D eigenvalue weighted by Gasteiger charge is 2.97. The van der Waals surface area contributed by atoms with Crippen molar-refractivity contribution in [3.63, 3.8) is 0 Å². The first-order valence-corrected chi connectivity index (χ1v) is 20.6. The number of Topliss-reactive ketones (excluding diaryl/α,β-unsaturated/α-hetero) is 1. The van der Waals surface area contributed by atoms with Crippen LogP contribution in [0.15, 0.2) is 0 Å². The number of rotatable bonds is 22. The average Bonchev–Trinajstić information content (AvgIpc) is 3.28. The Labute approximate surface area is 460 Å². The lowest BCUT2D eigenvalue weighted by molar-refractivity contribution is -0.462. The van der Waals surface area contributed by atoms with Crippen LogP contribution in [0.25, 0.3) is 0 Å². The van der Waals surface area contributed by atoms with Gasteiger partial charge >= 0.3 is 125 Å². The van der Waals surface area contributed by atoms with Crippen molar-refractivity contribution in [1.82, 2.24) is 10.6 Å². The Morgan fingerprint density at radius 2 is 0.593 bits per heavy atom. The molecule has 0 heterocycles. The van der Waals surface area contributed by atoms with Gasteiger partial charge in [0.1, 0.15) is 11.2 Å². The molecule has 49 heteroatoms. The van der Waals surface area contributed by atoms with Gasteiger partial charge in [-0.25, -0.2) is 14.4 Å². The van der Waals surface area contributed by atoms with E-state index in [1.165, 1.54) is 7.11 Å². The molecule has 0 fully saturated rings. The van der Waals surface area contributed by atoms with Crippen molar-refractivity contribution in [1.29, 1.82) is 0 Å². The molecule has 86 heavy (non-hydrogen) atoms. The van der Waals surface area contributed by atoms with Gasteiger partial charge in [0.15, 0.2) is 11.8 Å². The highest BCUT2D eigenvalue weighted by atomic mass is 35.5. The lowest BCUT2D eigenvalue weighted by Gasteiger charge is -2.43. The molecule has 0 bridgehead atoms. The summed E-state index contributed by atoms with van der Waals surface area (Å²) in [5, 5.41) is 9.37. The minimum atomic E-state index is -8.88. The number of aliphatic carboxylic acids is 1. The fourth-order valence-electron chi connectivity index (χ4n) is 4.80. The first-order chi connectivity index (χ1) is 36.6. The van der Waals surface area contributed by atoms with E-state index in [4.69, 9.17) is 10.8 Å². The zero-order valence-corrected chi connectivity index (χ0v) is 43.4. The molecular weight excluding hydrogens is 1340 g/mol. The van der Waals surface area contributed by atoms with Crippen molar-refractivity contribution in [2.24, 2.45) is 5.73 Å². The molecule has 0 aliphatic carbocycles. The lowest BCUT2D eigenvalue weighted by Crippen LogP contribution is -3.00. The van der Waals surface area contributed by atoms with Crippen LogP contribution < -0.4 is 28.8 Å². The number of carboxylic acids is 1. The van der Waals surface area contributed by atoms with Gasteiger partial charge in [-0.1, -0.05) is 0 Å². The van der Waals surface area contributed by atoms with Crippen LogP contribution in [0.1, 0.15) is 54.4 Å². The molecule has 0 spiro atoms. The minimum Gasteiger partial charge on any atom is -1.00 e. The van der Waals surface area contributed by atoms with E-state index in [9.17, 15) is 178 Å². The van der Waals surface area contributed by atoms with E-state index >= 15 is 0 Å². The summed E-state index contributed by atoms with van der Waals surface area (Å²) in [6.07, 6.45) is -23.8. The normalized spacial score (nSPS) is 15.2. The zero-order valence-electron chi connectivity index (χ0n) is 42.6. The minimum absolute atomic E-state index is 0. The Kier molecular flexibility index (Phi) is 27.0. The highest BCUT2D eigenvalue weighted by molar-refractivity contribution is 5.91. The van der Waals surface area contributed by atoms with Gasteiger partial charge in [-0.15, -0.1) is 0 Å². The molecule has 0 aromatic carbocycles. The number of carbonyl (C=O) groups excluding carboxylic acids is 5. The van der Waals surface area contributed by atoms with Crippen LogP contribution in [0.3, 0.4) is 0 Å². The third-order valence-corrected chi connectivity index (χ3v) is 9.31. The Balaban J connectivity index is -0.000000709. The van der Waals surface area contributed by atoms with Gasteiger partial charge in [0.05, 0.1) is 27.2 Å². The van der Waals surface area contributed by atoms with Crippen LogP contribution in [-0.4, -0.2) is 180 Å². The molecule has 0 radical (unpaired) electrons. The number of carboxylic acid groups (broad SMARTS) is 1. The Morgan fingerprint density at radius 3 is 0.791 bits per heavy atom. The van der Waals surface area contributed by atoms with Crippen LogP contribution in [0.2, 0.25) is 0 Å². The number of alkyl carbamates (subject to hydrolysis) is 2. The summed E-state index contributed by atoms with van der Waals surface area (Å²) < 4.78 is 473. The van der Waals surface area contributed by atoms with Gasteiger partial charge in [0.2, 0.25) is 6.04 Å². The van der Waals surface area contributed by atoms with Gasteiger partial charge in [-0.3, -0.25) is 14.4 Å². The quantitative estimate of drug-likeness (QED) is 0.0457. The third-order valence-electron chi connectivity index (χ3n) is 9.31. The first kappa shape index (κ1) is 86.9. The second-order valence-corrected chi connectivity index (χ2v) is 18.0. The molecular formula is C37H37ClF34N3O11-. The molecule has 0 aliphatic rings. The van der Waals surface area contributed by atoms with Gasteiger partial charge in [0.25, 0.3) is 0 Å². The van der Waals surface area contributed by atoms with Crippen LogP contribution in [0.4, 0.5) is 159 Å². The largest absolute Gasteiger partial charge is 1.00 e. The van der Waals surface area contributed by atoms with Gasteiger partial charge in [-0.2, -0.15) is 149 Å². The van der Waals surface area contributed by atoms with Crippen molar-refractivity contribution in [3.05, 3.63) is 0 Å². The smallest absolute Gasteiger partial charge is 0.460 e. The van der Waals surface area contributed by atoms with Gasteiger partial charge < -0.3 is 52.8 Å². The number of amides is 2. The maximum Gasteiger partial charge on any atom is 0.460 e. The molecule has 2 amide bonds. The fraction of sp³-hybridized carbons (Fsp3) is 0.838. The summed E-state index contributed by atoms with van der Waals surface area (Å²) in [7, 11) is 1.90. The molecule has 14 nitrogen and oxygen atoms in total. The number of alkyl halides is 34. The number of nitrogens with two attached hydrogens (primary N) is 1. The maximum absolute atomic E-state index is 14.7. The molecule has 5 N–H and O–H groups in total. The van der Waals surface area contributed by atoms with Crippen LogP contribution >= 0.6 is 0 Å². The summed E-state index contributed by atoms with van der Waals surface area (Å²) in [5.41, 5.74) is 1.28. The van der Waals surface area contributed by atoms with Gasteiger partial charge in [0, 0.05) is 6.42 Å². The Hall–Kier alpha value is -5.51. The molecule has 0 aliphatic heterocycles. The zero-order chi connectivity index (χ0) is 70.0. The SMILES string of the molecule is CC(C)(C)OC(=O)NC(C(=O)O)C(F)(F)C(F)(F)C(F)(F)C(F)(F)C(F)(F)C(F)(F)C(F)(F)C(F)(F)F.COC(=O)CCC(=O)C(NC(=O)OC(C)(C)C)C(F)(F)C(F)(F)C(F)(F)C(F)(F)C(F)(F)C(F)(F)C(F)(F)C(F)(F)F.COC(=O)CN.[Cl-]. The van der Waals surface area contributed by atoms with E-state index in [-0.39, 0.29) is 30.2 Å². The van der Waals surface area contributed by atoms with E-state index in [1.54, 1.807) is 0 Å². The number of methoxy groups -OCH3 is 2. The molecule has 0 aromatic rings. The molecule has 0 aromatic heterocycles. The lowest BCUT2D eigenvalue weighted by atomic mass is 9.86. The number of halogens is 35. The summed E-state index contributed by atoms with van der Waals surface area (Å²) in [6, 6.07) is -9.33. The number of hydrogen-bond donors (Lipinski definition) is 4. The predicted octanol–water partition coefficient (Wildman–Crippen LogP) is 8.51. The Bertz CT molecular complexity index is 2350. The first-order valence-electron chi connectivity index (χ1n) is 20.6. The fourth-order valence-corrected chi connectivity index (χ4v) is 4.80. The van der Waals surface area contributed by atoms with Crippen molar-refractivity contribution >= 4 is 35.9 Å². The predicted molar refractivity (Wildman–Crippen MR) is 203 cm³/mol. The summed E-state index contributed by atoms with van der Waals surface area (Å²) >= 11 is 0. The molecule has 0 saturated carbocycles.